The van der Waals surface area contributed by atoms with Crippen molar-refractivity contribution in [1.82, 2.24) is 15.3 Å². The monoisotopic (exact) mass is 398 g/mol. The maximum absolute atomic E-state index is 12.2. The van der Waals surface area contributed by atoms with Crippen molar-refractivity contribution in [3.63, 3.8) is 0 Å². The molecule has 0 aliphatic carbocycles. The molecule has 1 saturated heterocycles. The third kappa shape index (κ3) is 5.04. The fraction of sp³-hybridized carbons (Fsp3) is 0.609. The lowest BCUT2D eigenvalue weighted by Gasteiger charge is -2.27. The summed E-state index contributed by atoms with van der Waals surface area (Å²) in [5.41, 5.74) is 3.24. The lowest BCUT2D eigenvalue weighted by atomic mass is 9.97. The second kappa shape index (κ2) is 9.53. The van der Waals surface area contributed by atoms with E-state index < -0.39 is 0 Å². The second-order valence-electron chi connectivity index (χ2n) is 8.30. The Hall–Kier alpha value is -2.21. The van der Waals surface area contributed by atoms with Gasteiger partial charge in [0.25, 0.3) is 0 Å². The number of methoxy groups -OCH3 is 1. The Morgan fingerprint density at radius 1 is 1.28 bits per heavy atom. The highest BCUT2D eigenvalue weighted by Gasteiger charge is 2.29. The number of aromatic nitrogens is 2. The van der Waals surface area contributed by atoms with Gasteiger partial charge in [-0.3, -0.25) is 4.79 Å². The molecule has 158 valence electrons. The molecule has 0 bridgehead atoms. The fourth-order valence-corrected chi connectivity index (χ4v) is 4.07. The molecule has 0 saturated carbocycles. The number of fused-ring (bicyclic) bond motifs is 1. The fourth-order valence-electron chi connectivity index (χ4n) is 4.07. The molecule has 1 aromatic heterocycles. The van der Waals surface area contributed by atoms with Gasteiger partial charge in [0, 0.05) is 24.5 Å². The molecule has 1 N–H and O–H groups in total. The molecular formula is C23H34N4O2. The summed E-state index contributed by atoms with van der Waals surface area (Å²) in [6.07, 6.45) is 3.97. The van der Waals surface area contributed by atoms with Gasteiger partial charge in [0.2, 0.25) is 5.95 Å². The highest BCUT2D eigenvalue weighted by molar-refractivity contribution is 5.82. The molecule has 3 rings (SSSR count). The second-order valence-corrected chi connectivity index (χ2v) is 8.30. The minimum Gasteiger partial charge on any atom is -0.468 e. The Morgan fingerprint density at radius 2 is 2.07 bits per heavy atom. The third-order valence-electron chi connectivity index (χ3n) is 6.13. The summed E-state index contributed by atoms with van der Waals surface area (Å²) in [4.78, 5) is 24.2. The van der Waals surface area contributed by atoms with Gasteiger partial charge in [-0.05, 0) is 50.7 Å². The van der Waals surface area contributed by atoms with Crippen molar-refractivity contribution in [3.8, 4) is 0 Å². The van der Waals surface area contributed by atoms with E-state index in [9.17, 15) is 4.79 Å². The van der Waals surface area contributed by atoms with E-state index in [1.165, 1.54) is 12.7 Å². The molecular weight excluding hydrogens is 364 g/mol. The van der Waals surface area contributed by atoms with Gasteiger partial charge in [0.05, 0.1) is 18.3 Å². The first-order valence-electron chi connectivity index (χ1n) is 10.8. The van der Waals surface area contributed by atoms with Gasteiger partial charge in [-0.1, -0.05) is 32.4 Å². The van der Waals surface area contributed by atoms with Gasteiger partial charge in [0.15, 0.2) is 0 Å². The lowest BCUT2D eigenvalue weighted by molar-refractivity contribution is -0.144. The summed E-state index contributed by atoms with van der Waals surface area (Å²) >= 11 is 0. The molecule has 0 amide bonds. The Morgan fingerprint density at radius 3 is 2.79 bits per heavy atom. The summed E-state index contributed by atoms with van der Waals surface area (Å²) in [6, 6.07) is 6.39. The number of anilines is 1. The molecule has 1 aromatic carbocycles. The van der Waals surface area contributed by atoms with Crippen LogP contribution < -0.4 is 10.2 Å². The zero-order chi connectivity index (χ0) is 21.0. The summed E-state index contributed by atoms with van der Waals surface area (Å²) < 4.78 is 5.03. The van der Waals surface area contributed by atoms with Gasteiger partial charge in [-0.25, -0.2) is 9.97 Å². The van der Waals surface area contributed by atoms with Gasteiger partial charge in [-0.2, -0.15) is 0 Å². The number of aryl methyl sites for hydroxylation is 2. The molecule has 1 fully saturated rings. The summed E-state index contributed by atoms with van der Waals surface area (Å²) in [5, 5.41) is 4.69. The first-order chi connectivity index (χ1) is 13.9. The van der Waals surface area contributed by atoms with Crippen LogP contribution in [0.2, 0.25) is 0 Å². The number of rotatable bonds is 6. The Balaban J connectivity index is 1.72. The number of esters is 1. The molecule has 6 heteroatoms. The van der Waals surface area contributed by atoms with Crippen LogP contribution >= 0.6 is 0 Å². The molecule has 3 atom stereocenters. The van der Waals surface area contributed by atoms with Gasteiger partial charge >= 0.3 is 5.97 Å². The number of carbonyl (C=O) groups is 1. The largest absolute Gasteiger partial charge is 0.468 e. The van der Waals surface area contributed by atoms with Crippen molar-refractivity contribution < 1.29 is 9.53 Å². The Labute approximate surface area is 174 Å². The average molecular weight is 399 g/mol. The van der Waals surface area contributed by atoms with Crippen molar-refractivity contribution in [1.29, 1.82) is 0 Å². The zero-order valence-corrected chi connectivity index (χ0v) is 18.4. The number of nitrogens with one attached hydrogen (secondary N) is 1. The normalized spacial score (nSPS) is 19.6. The van der Waals surface area contributed by atoms with Gasteiger partial charge in [-0.15, -0.1) is 0 Å². The average Bonchev–Trinajstić information content (AvgIpc) is 2.96. The van der Waals surface area contributed by atoms with Crippen molar-refractivity contribution in [2.45, 2.75) is 65.5 Å². The Bertz CT molecular complexity index is 854. The van der Waals surface area contributed by atoms with Crippen LogP contribution in [0.4, 0.5) is 5.95 Å². The van der Waals surface area contributed by atoms with Gasteiger partial charge in [0.1, 0.15) is 6.04 Å². The van der Waals surface area contributed by atoms with Crippen LogP contribution in [-0.4, -0.2) is 48.2 Å². The molecule has 2 aromatic rings. The van der Waals surface area contributed by atoms with E-state index in [1.54, 1.807) is 0 Å². The number of hydrogen-bond donors (Lipinski definition) is 1. The van der Waals surface area contributed by atoms with Crippen LogP contribution in [0, 0.1) is 19.8 Å². The van der Waals surface area contributed by atoms with E-state index >= 15 is 0 Å². The first kappa shape index (κ1) is 21.5. The highest BCUT2D eigenvalue weighted by Crippen LogP contribution is 2.23. The van der Waals surface area contributed by atoms with E-state index in [0.717, 1.165) is 61.3 Å². The van der Waals surface area contributed by atoms with E-state index in [2.05, 4.69) is 56.1 Å². The Kier molecular flexibility index (Phi) is 7.06. The van der Waals surface area contributed by atoms with Crippen molar-refractivity contribution in [2.75, 3.05) is 25.1 Å². The molecule has 0 radical (unpaired) electrons. The van der Waals surface area contributed by atoms with Crippen LogP contribution in [0.25, 0.3) is 10.9 Å². The summed E-state index contributed by atoms with van der Waals surface area (Å²) in [6.45, 7) is 10.2. The molecule has 1 unspecified atom stereocenters. The van der Waals surface area contributed by atoms with Gasteiger partial charge < -0.3 is 15.0 Å². The number of nitrogens with zero attached hydrogens (tertiary/aromatic N) is 3. The number of ether oxygens (including phenoxy) is 1. The van der Waals surface area contributed by atoms with E-state index in [0.29, 0.717) is 6.04 Å². The highest BCUT2D eigenvalue weighted by atomic mass is 16.5. The molecule has 1 aliphatic rings. The predicted molar refractivity (Wildman–Crippen MR) is 117 cm³/mol. The number of benzene rings is 1. The van der Waals surface area contributed by atoms with E-state index in [4.69, 9.17) is 14.7 Å². The summed E-state index contributed by atoms with van der Waals surface area (Å²) in [5.74, 6) is 0.897. The standard InChI is InChI=1S/C23H34N4O2/c1-6-16(3)21(22(28)29-5)25-18-8-7-12-27(13-11-18)23-24-17(4)19-10-9-15(2)14-20(19)26-23/h9-10,14,16,18,21,25H,6-8,11-13H2,1-5H3/t16-,18?,21-/m0/s1. The molecule has 0 spiro atoms. The van der Waals surface area contributed by atoms with Crippen molar-refractivity contribution in [3.05, 3.63) is 29.5 Å². The SMILES string of the molecule is CC[C@H](C)[C@H](NC1CCCN(c2nc(C)c3ccc(C)cc3n2)CC1)C(=O)OC. The minimum absolute atomic E-state index is 0.163. The topological polar surface area (TPSA) is 67.3 Å². The van der Waals surface area contributed by atoms with Crippen LogP contribution in [-0.2, 0) is 9.53 Å². The molecule has 6 nitrogen and oxygen atoms in total. The third-order valence-corrected chi connectivity index (χ3v) is 6.13. The first-order valence-corrected chi connectivity index (χ1v) is 10.8. The molecule has 2 heterocycles. The number of hydrogen-bond acceptors (Lipinski definition) is 6. The number of carbonyl (C=O) groups excluding carboxylic acids is 1. The quantitative estimate of drug-likeness (QED) is 0.747. The predicted octanol–water partition coefficient (Wildman–Crippen LogP) is 3.78. The van der Waals surface area contributed by atoms with Crippen LogP contribution in [0.15, 0.2) is 18.2 Å². The minimum atomic E-state index is -0.247. The molecule has 1 aliphatic heterocycles. The lowest BCUT2D eigenvalue weighted by Crippen LogP contribution is -2.48. The zero-order valence-electron chi connectivity index (χ0n) is 18.4. The maximum Gasteiger partial charge on any atom is 0.323 e. The van der Waals surface area contributed by atoms with Crippen molar-refractivity contribution >= 4 is 22.8 Å². The van der Waals surface area contributed by atoms with Crippen LogP contribution in [0.3, 0.4) is 0 Å². The summed E-state index contributed by atoms with van der Waals surface area (Å²) in [7, 11) is 1.47. The molecule has 29 heavy (non-hydrogen) atoms. The van der Waals surface area contributed by atoms with Crippen molar-refractivity contribution in [2.24, 2.45) is 5.92 Å². The van der Waals surface area contributed by atoms with Crippen LogP contribution in [0.5, 0.6) is 0 Å². The maximum atomic E-state index is 12.2. The van der Waals surface area contributed by atoms with E-state index in [-0.39, 0.29) is 17.9 Å². The smallest absolute Gasteiger partial charge is 0.323 e. The van der Waals surface area contributed by atoms with Crippen LogP contribution in [0.1, 0.15) is 50.8 Å². The van der Waals surface area contributed by atoms with E-state index in [1.807, 2.05) is 0 Å².